The van der Waals surface area contributed by atoms with E-state index in [1.54, 1.807) is 6.20 Å². The first kappa shape index (κ1) is 15.2. The topological polar surface area (TPSA) is 98.3 Å². The number of aromatic nitrogens is 2. The molecule has 0 bridgehead atoms. The first-order valence-electron chi connectivity index (χ1n) is 6.29. The zero-order chi connectivity index (χ0) is 15.9. The van der Waals surface area contributed by atoms with Crippen LogP contribution in [0.3, 0.4) is 0 Å². The Morgan fingerprint density at radius 2 is 2.09 bits per heavy atom. The lowest BCUT2D eigenvalue weighted by atomic mass is 10.2. The number of aliphatic hydroxyl groups excluding tert-OH is 1. The number of anilines is 1. The van der Waals surface area contributed by atoms with Crippen LogP contribution >= 0.6 is 31.9 Å². The molecule has 0 aliphatic carbocycles. The largest absolute Gasteiger partial charge is 0.395 e. The Morgan fingerprint density at radius 1 is 1.32 bits per heavy atom. The third kappa shape index (κ3) is 2.44. The number of imide groups is 1. The molecule has 0 fully saturated rings. The van der Waals surface area contributed by atoms with Gasteiger partial charge >= 0.3 is 0 Å². The molecule has 3 rings (SSSR count). The van der Waals surface area contributed by atoms with Gasteiger partial charge in [0.2, 0.25) is 0 Å². The van der Waals surface area contributed by atoms with Crippen LogP contribution in [0.2, 0.25) is 0 Å². The second kappa shape index (κ2) is 5.82. The highest BCUT2D eigenvalue weighted by atomic mass is 79.9. The maximum atomic E-state index is 12.2. The lowest BCUT2D eigenvalue weighted by Gasteiger charge is -2.14. The Labute approximate surface area is 141 Å². The Kier molecular flexibility index (Phi) is 4.02. The number of aliphatic hydroxyl groups is 1. The van der Waals surface area contributed by atoms with E-state index in [2.05, 4.69) is 47.4 Å². The summed E-state index contributed by atoms with van der Waals surface area (Å²) in [6.45, 7) is -0.297. The van der Waals surface area contributed by atoms with E-state index in [0.717, 1.165) is 24.7 Å². The number of amides is 2. The number of β-amino-alcohol motifs (C(OH)–C–C–N with tert-alkyl or cyclic N) is 1. The number of hydrogen-bond acceptors (Lipinski definition) is 5. The highest BCUT2D eigenvalue weighted by molar-refractivity contribution is 9.11. The second-order valence-electron chi connectivity index (χ2n) is 4.58. The molecule has 22 heavy (non-hydrogen) atoms. The van der Waals surface area contributed by atoms with Crippen molar-refractivity contribution in [3.05, 3.63) is 33.0 Å². The fourth-order valence-electron chi connectivity index (χ4n) is 2.21. The molecule has 1 aliphatic rings. The van der Waals surface area contributed by atoms with Gasteiger partial charge in [-0.05, 0) is 37.9 Å². The summed E-state index contributed by atoms with van der Waals surface area (Å²) in [6, 6.07) is 1.82. The molecule has 3 N–H and O–H groups in total. The molecule has 2 amide bonds. The zero-order valence-corrected chi connectivity index (χ0v) is 14.2. The van der Waals surface area contributed by atoms with Crippen molar-refractivity contribution in [1.82, 2.24) is 15.1 Å². The van der Waals surface area contributed by atoms with Crippen LogP contribution in [0.5, 0.6) is 0 Å². The second-order valence-corrected chi connectivity index (χ2v) is 6.28. The lowest BCUT2D eigenvalue weighted by molar-refractivity contribution is -0.137. The van der Waals surface area contributed by atoms with Crippen molar-refractivity contribution >= 4 is 60.3 Å². The molecule has 1 aliphatic heterocycles. The van der Waals surface area contributed by atoms with Crippen LogP contribution in [0.4, 0.5) is 5.69 Å². The third-order valence-electron chi connectivity index (χ3n) is 3.23. The van der Waals surface area contributed by atoms with Crippen molar-refractivity contribution in [3.63, 3.8) is 0 Å². The lowest BCUT2D eigenvalue weighted by Crippen LogP contribution is -2.34. The maximum Gasteiger partial charge on any atom is 0.277 e. The van der Waals surface area contributed by atoms with Gasteiger partial charge in [-0.3, -0.25) is 19.6 Å². The van der Waals surface area contributed by atoms with E-state index < -0.39 is 11.8 Å². The molecule has 114 valence electrons. The molecule has 0 unspecified atom stereocenters. The number of fused-ring (bicyclic) bond motifs is 1. The summed E-state index contributed by atoms with van der Waals surface area (Å²) in [5.41, 5.74) is 1.56. The van der Waals surface area contributed by atoms with Crippen LogP contribution in [-0.4, -0.2) is 45.2 Å². The summed E-state index contributed by atoms with van der Waals surface area (Å²) in [5, 5.41) is 19.5. The molecule has 0 radical (unpaired) electrons. The minimum Gasteiger partial charge on any atom is -0.395 e. The van der Waals surface area contributed by atoms with Gasteiger partial charge < -0.3 is 10.4 Å². The Hall–Kier alpha value is -1.71. The number of benzene rings is 1. The van der Waals surface area contributed by atoms with Gasteiger partial charge in [-0.1, -0.05) is 0 Å². The van der Waals surface area contributed by atoms with Gasteiger partial charge in [0.15, 0.2) is 0 Å². The van der Waals surface area contributed by atoms with Crippen LogP contribution in [0.1, 0.15) is 0 Å². The van der Waals surface area contributed by atoms with Crippen LogP contribution in [-0.2, 0) is 9.59 Å². The van der Waals surface area contributed by atoms with E-state index in [-0.39, 0.29) is 18.8 Å². The molecule has 2 aromatic rings. The number of aromatic amines is 1. The number of halogens is 2. The molecule has 1 aromatic carbocycles. The van der Waals surface area contributed by atoms with Crippen molar-refractivity contribution in [3.8, 4) is 0 Å². The van der Waals surface area contributed by atoms with Gasteiger partial charge in [0.1, 0.15) is 5.70 Å². The van der Waals surface area contributed by atoms with Crippen molar-refractivity contribution in [2.75, 3.05) is 18.5 Å². The number of nitrogens with zero attached hydrogens (tertiary/aromatic N) is 2. The molecule has 0 saturated carbocycles. The predicted octanol–water partition coefficient (Wildman–Crippen LogP) is 1.74. The van der Waals surface area contributed by atoms with Gasteiger partial charge in [-0.25, -0.2) is 0 Å². The minimum atomic E-state index is -0.467. The third-order valence-corrected chi connectivity index (χ3v) is 4.48. The standard InChI is InChI=1S/C13H10Br2N4O3/c14-7-3-8(15)12-6(5-16-18-12)11(7)17-9-4-10(21)19(1-2-20)13(9)22/h3-5,17,20H,1-2H2,(H,16,18). The Morgan fingerprint density at radius 3 is 2.82 bits per heavy atom. The maximum absolute atomic E-state index is 12.2. The fourth-order valence-corrected chi connectivity index (χ4v) is 3.59. The first-order valence-corrected chi connectivity index (χ1v) is 7.88. The van der Waals surface area contributed by atoms with E-state index in [0.29, 0.717) is 5.69 Å². The Balaban J connectivity index is 1.98. The van der Waals surface area contributed by atoms with Crippen LogP contribution in [0, 0.1) is 0 Å². The molecular weight excluding hydrogens is 420 g/mol. The van der Waals surface area contributed by atoms with E-state index in [1.807, 2.05) is 6.07 Å². The molecule has 9 heteroatoms. The first-order chi connectivity index (χ1) is 10.5. The average Bonchev–Trinajstić information content (AvgIpc) is 3.05. The summed E-state index contributed by atoms with van der Waals surface area (Å²) < 4.78 is 1.54. The normalized spacial score (nSPS) is 14.9. The molecular formula is C13H10Br2N4O3. The number of hydrogen-bond donors (Lipinski definition) is 3. The van der Waals surface area contributed by atoms with Gasteiger partial charge in [0, 0.05) is 20.4 Å². The van der Waals surface area contributed by atoms with E-state index >= 15 is 0 Å². The number of carbonyl (C=O) groups excluding carboxylic acids is 2. The Bertz CT molecular complexity index is 815. The van der Waals surface area contributed by atoms with Crippen molar-refractivity contribution < 1.29 is 14.7 Å². The highest BCUT2D eigenvalue weighted by Gasteiger charge is 2.31. The molecule has 1 aromatic heterocycles. The average molecular weight is 430 g/mol. The van der Waals surface area contributed by atoms with Gasteiger partial charge in [-0.15, -0.1) is 0 Å². The number of nitrogens with one attached hydrogen (secondary N) is 2. The van der Waals surface area contributed by atoms with E-state index in [9.17, 15) is 9.59 Å². The quantitative estimate of drug-likeness (QED) is 0.643. The smallest absolute Gasteiger partial charge is 0.277 e. The van der Waals surface area contributed by atoms with E-state index in [1.165, 1.54) is 6.08 Å². The number of carbonyl (C=O) groups is 2. The molecule has 0 spiro atoms. The summed E-state index contributed by atoms with van der Waals surface area (Å²) in [4.78, 5) is 24.9. The van der Waals surface area contributed by atoms with Crippen molar-refractivity contribution in [2.45, 2.75) is 0 Å². The highest BCUT2D eigenvalue weighted by Crippen LogP contribution is 2.36. The fraction of sp³-hybridized carbons (Fsp3) is 0.154. The van der Waals surface area contributed by atoms with Crippen LogP contribution < -0.4 is 5.32 Å². The number of H-pyrrole nitrogens is 1. The van der Waals surface area contributed by atoms with Crippen molar-refractivity contribution in [1.29, 1.82) is 0 Å². The van der Waals surface area contributed by atoms with Crippen LogP contribution in [0.15, 0.2) is 33.0 Å². The summed E-state index contributed by atoms with van der Waals surface area (Å²) in [5.74, 6) is -0.913. The van der Waals surface area contributed by atoms with Gasteiger partial charge in [0.05, 0.1) is 30.6 Å². The van der Waals surface area contributed by atoms with Gasteiger partial charge in [-0.2, -0.15) is 5.10 Å². The summed E-state index contributed by atoms with van der Waals surface area (Å²) in [7, 11) is 0. The summed E-state index contributed by atoms with van der Waals surface area (Å²) in [6.07, 6.45) is 2.85. The SMILES string of the molecule is O=C1C=C(Nc2c(Br)cc(Br)c3[nH]ncc23)C(=O)N1CCO. The van der Waals surface area contributed by atoms with Gasteiger partial charge in [0.25, 0.3) is 11.8 Å². The molecule has 0 atom stereocenters. The molecule has 7 nitrogen and oxygen atoms in total. The minimum absolute atomic E-state index is 0.0258. The molecule has 2 heterocycles. The number of rotatable bonds is 4. The zero-order valence-electron chi connectivity index (χ0n) is 11.1. The van der Waals surface area contributed by atoms with Crippen LogP contribution in [0.25, 0.3) is 10.9 Å². The molecule has 0 saturated heterocycles. The van der Waals surface area contributed by atoms with E-state index in [4.69, 9.17) is 5.11 Å². The summed E-state index contributed by atoms with van der Waals surface area (Å²) >= 11 is 6.85. The predicted molar refractivity (Wildman–Crippen MR) is 87.0 cm³/mol. The van der Waals surface area contributed by atoms with Crippen molar-refractivity contribution in [2.24, 2.45) is 0 Å². The monoisotopic (exact) mass is 428 g/mol.